The van der Waals surface area contributed by atoms with E-state index < -0.39 is 0 Å². The largest absolute Gasteiger partial charge is 0.497 e. The number of hydrogen-bond donors (Lipinski definition) is 0. The summed E-state index contributed by atoms with van der Waals surface area (Å²) in [5, 5.41) is 1.32. The molecule has 0 aliphatic carbocycles. The molecule has 0 amide bonds. The molecule has 1 heterocycles. The Morgan fingerprint density at radius 3 is 2.47 bits per heavy atom. The Kier molecular flexibility index (Phi) is 7.83. The Balaban J connectivity index is 1.44. The van der Waals surface area contributed by atoms with Crippen LogP contribution in [0.1, 0.15) is 12.5 Å². The molecule has 4 rings (SSSR count). The van der Waals surface area contributed by atoms with Gasteiger partial charge in [0.25, 0.3) is 5.56 Å². The highest BCUT2D eigenvalue weighted by atomic mass is 35.5. The summed E-state index contributed by atoms with van der Waals surface area (Å²) in [4.78, 5) is 18.0. The van der Waals surface area contributed by atoms with Gasteiger partial charge in [-0.3, -0.25) is 9.36 Å². The molecule has 0 fully saturated rings. The van der Waals surface area contributed by atoms with Crippen LogP contribution in [0.25, 0.3) is 22.3 Å². The van der Waals surface area contributed by atoms with E-state index in [1.807, 2.05) is 60.7 Å². The summed E-state index contributed by atoms with van der Waals surface area (Å²) >= 11 is 6.16. The average Bonchev–Trinajstić information content (AvgIpc) is 2.88. The Morgan fingerprint density at radius 1 is 0.941 bits per heavy atom. The van der Waals surface area contributed by atoms with E-state index in [0.717, 1.165) is 34.1 Å². The van der Waals surface area contributed by atoms with Gasteiger partial charge in [0, 0.05) is 10.6 Å². The number of methoxy groups -OCH3 is 1. The van der Waals surface area contributed by atoms with Crippen molar-refractivity contribution in [3.05, 3.63) is 87.7 Å². The molecule has 176 valence electrons. The minimum Gasteiger partial charge on any atom is -0.497 e. The predicted octanol–water partition coefficient (Wildman–Crippen LogP) is 5.38. The first-order chi connectivity index (χ1) is 16.6. The van der Waals surface area contributed by atoms with Crippen LogP contribution in [0.2, 0.25) is 5.02 Å². The van der Waals surface area contributed by atoms with Crippen LogP contribution in [0.4, 0.5) is 0 Å². The van der Waals surface area contributed by atoms with E-state index in [4.69, 9.17) is 30.8 Å². The third kappa shape index (κ3) is 5.41. The number of aromatic nitrogens is 2. The van der Waals surface area contributed by atoms with Crippen LogP contribution in [0.15, 0.2) is 71.5 Å². The molecule has 0 unspecified atom stereocenters. The van der Waals surface area contributed by atoms with Crippen molar-refractivity contribution in [2.24, 2.45) is 0 Å². The predicted molar refractivity (Wildman–Crippen MR) is 135 cm³/mol. The van der Waals surface area contributed by atoms with Gasteiger partial charge in [-0.05, 0) is 66.6 Å². The second-order valence-electron chi connectivity index (χ2n) is 7.71. The van der Waals surface area contributed by atoms with Crippen molar-refractivity contribution in [3.63, 3.8) is 0 Å². The van der Waals surface area contributed by atoms with Crippen LogP contribution in [-0.4, -0.2) is 36.5 Å². The Morgan fingerprint density at radius 2 is 1.71 bits per heavy atom. The van der Waals surface area contributed by atoms with Crippen molar-refractivity contribution in [2.75, 3.05) is 26.9 Å². The summed E-state index contributed by atoms with van der Waals surface area (Å²) in [6.45, 7) is 3.59. The van der Waals surface area contributed by atoms with E-state index in [9.17, 15) is 4.79 Å². The summed E-state index contributed by atoms with van der Waals surface area (Å²) in [6.07, 6.45) is 0.845. The highest BCUT2D eigenvalue weighted by molar-refractivity contribution is 6.31. The molecule has 0 saturated heterocycles. The number of rotatable bonds is 10. The maximum absolute atomic E-state index is 13.2. The van der Waals surface area contributed by atoms with Crippen LogP contribution in [0.5, 0.6) is 11.5 Å². The minimum atomic E-state index is -0.0930. The zero-order valence-corrected chi connectivity index (χ0v) is 20.0. The van der Waals surface area contributed by atoms with E-state index in [2.05, 4.69) is 6.92 Å². The molecule has 4 aromatic rings. The van der Waals surface area contributed by atoms with Gasteiger partial charge in [0.1, 0.15) is 23.9 Å². The molecule has 7 heteroatoms. The molecule has 6 nitrogen and oxygen atoms in total. The van der Waals surface area contributed by atoms with Gasteiger partial charge in [-0.25, -0.2) is 4.98 Å². The van der Waals surface area contributed by atoms with Gasteiger partial charge in [-0.2, -0.15) is 0 Å². The molecule has 1 aromatic heterocycles. The lowest BCUT2D eigenvalue weighted by molar-refractivity contribution is 0.0940. The number of benzene rings is 3. The standard InChI is InChI=1S/C27H27ClN2O4/c1-3-19-18-22(12-13-24(19)28)34-17-16-33-15-14-30-26(20-8-10-21(32-2)11-9-20)29-25-7-5-4-6-23(25)27(30)31/h4-13,18H,3,14-17H2,1-2H3. The minimum absolute atomic E-state index is 0.0930. The summed E-state index contributed by atoms with van der Waals surface area (Å²) in [5.41, 5.74) is 2.46. The number of nitrogens with zero attached hydrogens (tertiary/aromatic N) is 2. The smallest absolute Gasteiger partial charge is 0.261 e. The highest BCUT2D eigenvalue weighted by Gasteiger charge is 2.13. The number of ether oxygens (including phenoxy) is 3. The number of aryl methyl sites for hydroxylation is 1. The average molecular weight is 479 g/mol. The molecule has 0 aliphatic heterocycles. The van der Waals surface area contributed by atoms with Gasteiger partial charge < -0.3 is 14.2 Å². The third-order valence-electron chi connectivity index (χ3n) is 5.56. The maximum Gasteiger partial charge on any atom is 0.261 e. The zero-order chi connectivity index (χ0) is 23.9. The SMILES string of the molecule is CCc1cc(OCCOCCn2c(-c3ccc(OC)cc3)nc3ccccc3c2=O)ccc1Cl. The monoisotopic (exact) mass is 478 g/mol. The van der Waals surface area contributed by atoms with Crippen molar-refractivity contribution in [2.45, 2.75) is 19.9 Å². The maximum atomic E-state index is 13.2. The summed E-state index contributed by atoms with van der Waals surface area (Å²) < 4.78 is 18.5. The fourth-order valence-electron chi connectivity index (χ4n) is 3.72. The topological polar surface area (TPSA) is 62.6 Å². The molecule has 0 bridgehead atoms. The van der Waals surface area contributed by atoms with Crippen molar-refractivity contribution in [1.29, 1.82) is 0 Å². The van der Waals surface area contributed by atoms with E-state index in [1.54, 1.807) is 17.7 Å². The number of para-hydroxylation sites is 1. The second kappa shape index (κ2) is 11.2. The molecule has 0 aliphatic rings. The van der Waals surface area contributed by atoms with E-state index in [-0.39, 0.29) is 5.56 Å². The van der Waals surface area contributed by atoms with Gasteiger partial charge in [-0.15, -0.1) is 0 Å². The number of halogens is 1. The van der Waals surface area contributed by atoms with Crippen LogP contribution in [0.3, 0.4) is 0 Å². The molecule has 0 atom stereocenters. The van der Waals surface area contributed by atoms with Crippen molar-refractivity contribution < 1.29 is 14.2 Å². The van der Waals surface area contributed by atoms with Gasteiger partial charge in [0.15, 0.2) is 0 Å². The first-order valence-corrected chi connectivity index (χ1v) is 11.6. The summed E-state index contributed by atoms with van der Waals surface area (Å²) in [5.74, 6) is 2.11. The van der Waals surface area contributed by atoms with Gasteiger partial charge in [0.2, 0.25) is 0 Å². The van der Waals surface area contributed by atoms with Gasteiger partial charge >= 0.3 is 0 Å². The van der Waals surface area contributed by atoms with E-state index >= 15 is 0 Å². The molecule has 0 radical (unpaired) electrons. The lowest BCUT2D eigenvalue weighted by Gasteiger charge is -2.14. The quantitative estimate of drug-likeness (QED) is 0.286. The zero-order valence-electron chi connectivity index (χ0n) is 19.3. The molecule has 0 N–H and O–H groups in total. The summed E-state index contributed by atoms with van der Waals surface area (Å²) in [6, 6.07) is 20.5. The van der Waals surface area contributed by atoms with Crippen LogP contribution in [0, 0.1) is 0 Å². The fraction of sp³-hybridized carbons (Fsp3) is 0.259. The normalized spacial score (nSPS) is 11.0. The van der Waals surface area contributed by atoms with E-state index in [1.165, 1.54) is 0 Å². The number of hydrogen-bond acceptors (Lipinski definition) is 5. The molecule has 0 spiro atoms. The first-order valence-electron chi connectivity index (χ1n) is 11.2. The Labute approximate surface area is 203 Å². The van der Waals surface area contributed by atoms with Crippen molar-refractivity contribution in [1.82, 2.24) is 9.55 Å². The van der Waals surface area contributed by atoms with Gasteiger partial charge in [0.05, 0.1) is 37.8 Å². The third-order valence-corrected chi connectivity index (χ3v) is 5.93. The lowest BCUT2D eigenvalue weighted by atomic mass is 10.1. The van der Waals surface area contributed by atoms with Crippen LogP contribution >= 0.6 is 11.6 Å². The molecule has 34 heavy (non-hydrogen) atoms. The van der Waals surface area contributed by atoms with Crippen molar-refractivity contribution in [3.8, 4) is 22.9 Å². The fourth-order valence-corrected chi connectivity index (χ4v) is 3.98. The lowest BCUT2D eigenvalue weighted by Crippen LogP contribution is -2.26. The molecule has 3 aromatic carbocycles. The number of fused-ring (bicyclic) bond motifs is 1. The van der Waals surface area contributed by atoms with Crippen LogP contribution < -0.4 is 15.0 Å². The first kappa shape index (κ1) is 23.8. The Hall–Kier alpha value is -3.35. The Bertz CT molecular complexity index is 1320. The molecule has 0 saturated carbocycles. The van der Waals surface area contributed by atoms with Crippen molar-refractivity contribution >= 4 is 22.5 Å². The second-order valence-corrected chi connectivity index (χ2v) is 8.11. The van der Waals surface area contributed by atoms with Crippen LogP contribution in [-0.2, 0) is 17.7 Å². The summed E-state index contributed by atoms with van der Waals surface area (Å²) in [7, 11) is 1.62. The molecular formula is C27H27ClN2O4. The van der Waals surface area contributed by atoms with Gasteiger partial charge in [-0.1, -0.05) is 30.7 Å². The molecular weight excluding hydrogens is 452 g/mol. The van der Waals surface area contributed by atoms with E-state index in [0.29, 0.717) is 43.1 Å². The highest BCUT2D eigenvalue weighted by Crippen LogP contribution is 2.23.